The van der Waals surface area contributed by atoms with Gasteiger partial charge in [0.25, 0.3) is 0 Å². The Morgan fingerprint density at radius 2 is 1.48 bits per heavy atom. The molecule has 144 valence electrons. The highest BCUT2D eigenvalue weighted by molar-refractivity contribution is 5.92. The summed E-state index contributed by atoms with van der Waals surface area (Å²) in [4.78, 5) is 23.8. The molecule has 2 aromatic rings. The second kappa shape index (κ2) is 9.12. The highest BCUT2D eigenvalue weighted by atomic mass is 19.2. The summed E-state index contributed by atoms with van der Waals surface area (Å²) in [6, 6.07) is 9.19. The van der Waals surface area contributed by atoms with Crippen LogP contribution < -0.4 is 16.0 Å². The van der Waals surface area contributed by atoms with Crippen molar-refractivity contribution in [2.45, 2.75) is 33.2 Å². The van der Waals surface area contributed by atoms with Crippen LogP contribution in [0.3, 0.4) is 0 Å². The molecule has 0 saturated carbocycles. The van der Waals surface area contributed by atoms with Crippen LogP contribution in [0.2, 0.25) is 0 Å². The highest BCUT2D eigenvalue weighted by Crippen LogP contribution is 2.17. The summed E-state index contributed by atoms with van der Waals surface area (Å²) >= 11 is 0. The van der Waals surface area contributed by atoms with E-state index in [1.165, 1.54) is 6.07 Å². The Bertz CT molecular complexity index is 807. The minimum absolute atomic E-state index is 0.0659. The van der Waals surface area contributed by atoms with Gasteiger partial charge >= 0.3 is 6.03 Å². The molecule has 0 radical (unpaired) electrons. The summed E-state index contributed by atoms with van der Waals surface area (Å²) in [5, 5.41) is 8.09. The average Bonchev–Trinajstić information content (AvgIpc) is 2.58. The van der Waals surface area contributed by atoms with E-state index in [-0.39, 0.29) is 11.8 Å². The minimum Gasteiger partial charge on any atom is -0.331 e. The molecule has 3 amide bonds. The molecule has 0 spiro atoms. The normalized spacial score (nSPS) is 11.8. The van der Waals surface area contributed by atoms with Gasteiger partial charge in [-0.3, -0.25) is 4.79 Å². The van der Waals surface area contributed by atoms with Crippen molar-refractivity contribution in [3.05, 3.63) is 59.7 Å². The van der Waals surface area contributed by atoms with Crippen molar-refractivity contribution < 1.29 is 18.4 Å². The van der Waals surface area contributed by atoms with E-state index < -0.39 is 23.7 Å². The summed E-state index contributed by atoms with van der Waals surface area (Å²) in [5.74, 6) is -1.69. The number of anilines is 2. The van der Waals surface area contributed by atoms with Gasteiger partial charge in [0, 0.05) is 17.8 Å². The zero-order valence-electron chi connectivity index (χ0n) is 15.5. The largest absolute Gasteiger partial charge is 0.331 e. The van der Waals surface area contributed by atoms with Gasteiger partial charge in [-0.05, 0) is 54.8 Å². The molecule has 3 N–H and O–H groups in total. The van der Waals surface area contributed by atoms with E-state index in [0.717, 1.165) is 12.1 Å². The van der Waals surface area contributed by atoms with Crippen molar-refractivity contribution in [2.75, 3.05) is 10.6 Å². The zero-order chi connectivity index (χ0) is 20.0. The fraction of sp³-hybridized carbons (Fsp3) is 0.300. The van der Waals surface area contributed by atoms with Gasteiger partial charge < -0.3 is 16.0 Å². The van der Waals surface area contributed by atoms with Crippen LogP contribution in [0.1, 0.15) is 38.8 Å². The molecule has 0 aliphatic rings. The van der Waals surface area contributed by atoms with E-state index in [1.54, 1.807) is 31.2 Å². The number of benzene rings is 2. The molecule has 0 aromatic heterocycles. The van der Waals surface area contributed by atoms with E-state index in [0.29, 0.717) is 23.4 Å². The summed E-state index contributed by atoms with van der Waals surface area (Å²) in [7, 11) is 0. The van der Waals surface area contributed by atoms with Crippen LogP contribution in [0.15, 0.2) is 42.5 Å². The number of nitrogens with one attached hydrogen (secondary N) is 3. The number of halogens is 2. The second-order valence-electron chi connectivity index (χ2n) is 6.72. The molecule has 1 unspecified atom stereocenters. The van der Waals surface area contributed by atoms with Crippen molar-refractivity contribution in [2.24, 2.45) is 5.92 Å². The maximum atomic E-state index is 13.3. The maximum absolute atomic E-state index is 13.3. The SMILES string of the molecule is CC(C)CC(=O)Nc1ccc(NC(=O)NC(C)c2ccc(F)c(F)c2)cc1. The van der Waals surface area contributed by atoms with Gasteiger partial charge in [-0.25, -0.2) is 13.6 Å². The van der Waals surface area contributed by atoms with Crippen LogP contribution in [0.5, 0.6) is 0 Å². The molecule has 0 aliphatic heterocycles. The molecule has 0 aliphatic carbocycles. The zero-order valence-corrected chi connectivity index (χ0v) is 15.5. The first-order valence-electron chi connectivity index (χ1n) is 8.67. The first kappa shape index (κ1) is 20.4. The first-order chi connectivity index (χ1) is 12.7. The first-order valence-corrected chi connectivity index (χ1v) is 8.67. The lowest BCUT2D eigenvalue weighted by Crippen LogP contribution is -2.31. The molecule has 2 aromatic carbocycles. The lowest BCUT2D eigenvalue weighted by Gasteiger charge is -2.15. The van der Waals surface area contributed by atoms with Gasteiger partial charge in [-0.1, -0.05) is 19.9 Å². The minimum atomic E-state index is -0.961. The van der Waals surface area contributed by atoms with Crippen LogP contribution in [-0.4, -0.2) is 11.9 Å². The van der Waals surface area contributed by atoms with Crippen LogP contribution in [0.25, 0.3) is 0 Å². The summed E-state index contributed by atoms with van der Waals surface area (Å²) in [6.45, 7) is 5.60. The van der Waals surface area contributed by atoms with Crippen LogP contribution in [0, 0.1) is 17.6 Å². The molecule has 5 nitrogen and oxygen atoms in total. The molecule has 0 bridgehead atoms. The van der Waals surface area contributed by atoms with E-state index in [1.807, 2.05) is 13.8 Å². The number of carbonyl (C=O) groups is 2. The van der Waals surface area contributed by atoms with E-state index in [9.17, 15) is 18.4 Å². The number of urea groups is 1. The lowest BCUT2D eigenvalue weighted by atomic mass is 10.1. The standard InChI is InChI=1S/C20H23F2N3O2/c1-12(2)10-19(26)24-15-5-7-16(8-6-15)25-20(27)23-13(3)14-4-9-17(21)18(22)11-14/h4-9,11-13H,10H2,1-3H3,(H,24,26)(H2,23,25,27). The van der Waals surface area contributed by atoms with Crippen LogP contribution >= 0.6 is 0 Å². The van der Waals surface area contributed by atoms with E-state index in [4.69, 9.17) is 0 Å². The van der Waals surface area contributed by atoms with Crippen molar-refractivity contribution in [1.82, 2.24) is 5.32 Å². The smallest absolute Gasteiger partial charge is 0.319 e. The van der Waals surface area contributed by atoms with Crippen LogP contribution in [0.4, 0.5) is 25.0 Å². The predicted octanol–water partition coefficient (Wildman–Crippen LogP) is 4.83. The Morgan fingerprint density at radius 3 is 2.04 bits per heavy atom. The Balaban J connectivity index is 1.89. The molecular weight excluding hydrogens is 352 g/mol. The molecule has 1 atom stereocenters. The number of hydrogen-bond donors (Lipinski definition) is 3. The molecule has 2 rings (SSSR count). The van der Waals surface area contributed by atoms with Crippen molar-refractivity contribution in [1.29, 1.82) is 0 Å². The quantitative estimate of drug-likeness (QED) is 0.677. The average molecular weight is 375 g/mol. The molecule has 27 heavy (non-hydrogen) atoms. The summed E-state index contributed by atoms with van der Waals surface area (Å²) in [5.41, 5.74) is 1.63. The lowest BCUT2D eigenvalue weighted by molar-refractivity contribution is -0.116. The van der Waals surface area contributed by atoms with Crippen molar-refractivity contribution in [3.8, 4) is 0 Å². The van der Waals surface area contributed by atoms with Crippen molar-refractivity contribution in [3.63, 3.8) is 0 Å². The van der Waals surface area contributed by atoms with Gasteiger partial charge in [-0.15, -0.1) is 0 Å². The fourth-order valence-electron chi connectivity index (χ4n) is 2.45. The molecule has 7 heteroatoms. The van der Waals surface area contributed by atoms with Crippen LogP contribution in [-0.2, 0) is 4.79 Å². The van der Waals surface area contributed by atoms with Gasteiger partial charge in [-0.2, -0.15) is 0 Å². The number of amides is 3. The number of rotatable bonds is 6. The number of hydrogen-bond acceptors (Lipinski definition) is 2. The van der Waals surface area contributed by atoms with E-state index in [2.05, 4.69) is 16.0 Å². The molecule has 0 saturated heterocycles. The van der Waals surface area contributed by atoms with Gasteiger partial charge in [0.2, 0.25) is 5.91 Å². The fourth-order valence-corrected chi connectivity index (χ4v) is 2.45. The predicted molar refractivity (Wildman–Crippen MR) is 101 cm³/mol. The van der Waals surface area contributed by atoms with Crippen molar-refractivity contribution >= 4 is 23.3 Å². The van der Waals surface area contributed by atoms with Gasteiger partial charge in [0.1, 0.15) is 0 Å². The van der Waals surface area contributed by atoms with Gasteiger partial charge in [0.15, 0.2) is 11.6 Å². The number of carbonyl (C=O) groups excluding carboxylic acids is 2. The highest BCUT2D eigenvalue weighted by Gasteiger charge is 2.12. The Kier molecular flexibility index (Phi) is 6.87. The Labute approximate surface area is 157 Å². The summed E-state index contributed by atoms with van der Waals surface area (Å²) < 4.78 is 26.3. The van der Waals surface area contributed by atoms with Gasteiger partial charge in [0.05, 0.1) is 6.04 Å². The molecule has 0 heterocycles. The topological polar surface area (TPSA) is 70.2 Å². The molecule has 0 fully saturated rings. The maximum Gasteiger partial charge on any atom is 0.319 e. The third-order valence-electron chi connectivity index (χ3n) is 3.81. The Hall–Kier alpha value is -2.96. The summed E-state index contributed by atoms with van der Waals surface area (Å²) in [6.07, 6.45) is 0.435. The second-order valence-corrected chi connectivity index (χ2v) is 6.72. The van der Waals surface area contributed by atoms with E-state index >= 15 is 0 Å². The monoisotopic (exact) mass is 375 g/mol. The third kappa shape index (κ3) is 6.36. The Morgan fingerprint density at radius 1 is 0.889 bits per heavy atom. The third-order valence-corrected chi connectivity index (χ3v) is 3.81. The molecular formula is C20H23F2N3O2.